The lowest BCUT2D eigenvalue weighted by molar-refractivity contribution is -0.131. The number of benzene rings is 2. The largest absolute Gasteiger partial charge is 0.392 e. The molecule has 0 aliphatic carbocycles. The van der Waals surface area contributed by atoms with Gasteiger partial charge in [0.05, 0.1) is 34.5 Å². The highest BCUT2D eigenvalue weighted by molar-refractivity contribution is 7.59. The first-order chi connectivity index (χ1) is 17.9. The Labute approximate surface area is 236 Å². The number of rotatable bonds is 11. The number of hydrogen-bond donors (Lipinski definition) is 4. The van der Waals surface area contributed by atoms with E-state index in [4.69, 9.17) is 5.73 Å². The zero-order chi connectivity index (χ0) is 26.4. The Morgan fingerprint density at radius 1 is 1.11 bits per heavy atom. The highest BCUT2D eigenvalue weighted by Gasteiger charge is 2.19. The molecule has 5 N–H and O–H groups in total. The predicted octanol–water partition coefficient (Wildman–Crippen LogP) is 3.67. The van der Waals surface area contributed by atoms with Crippen LogP contribution in [0.3, 0.4) is 0 Å². The van der Waals surface area contributed by atoms with Crippen molar-refractivity contribution in [2.45, 2.75) is 38.5 Å². The van der Waals surface area contributed by atoms with Gasteiger partial charge in [-0.15, -0.1) is 22.7 Å². The van der Waals surface area contributed by atoms with Crippen LogP contribution in [0.1, 0.15) is 37.8 Å². The molecule has 0 aliphatic heterocycles. The van der Waals surface area contributed by atoms with E-state index in [1.165, 1.54) is 11.3 Å². The average molecular weight is 573 g/mol. The number of likely N-dealkylation sites (N-methyl/N-ethyl adjacent to an activating group) is 1. The molecule has 8 nitrogen and oxygen atoms in total. The molecule has 0 bridgehead atoms. The van der Waals surface area contributed by atoms with Gasteiger partial charge in [-0.1, -0.05) is 12.1 Å². The summed E-state index contributed by atoms with van der Waals surface area (Å²) in [4.78, 5) is 32.8. The van der Waals surface area contributed by atoms with Crippen LogP contribution in [0.25, 0.3) is 10.2 Å². The highest BCUT2D eigenvalue weighted by atomic mass is 32.1. The molecule has 2 aromatic heterocycles. The average Bonchev–Trinajstić information content (AvgIpc) is 3.56. The van der Waals surface area contributed by atoms with Crippen molar-refractivity contribution in [1.29, 1.82) is 0 Å². The topological polar surface area (TPSA) is 129 Å². The van der Waals surface area contributed by atoms with E-state index in [9.17, 15) is 19.8 Å². The number of aliphatic hydroxyl groups excluding tert-OH is 2. The Morgan fingerprint density at radius 3 is 2.61 bits per heavy atom. The second-order valence-corrected chi connectivity index (χ2v) is 10.9. The third-order valence-corrected chi connectivity index (χ3v) is 8.06. The van der Waals surface area contributed by atoms with Gasteiger partial charge in [0.25, 0.3) is 5.91 Å². The summed E-state index contributed by atoms with van der Waals surface area (Å²) in [5.41, 5.74) is 9.18. The van der Waals surface area contributed by atoms with Crippen LogP contribution in [0.4, 0.5) is 5.69 Å². The predicted molar refractivity (Wildman–Crippen MR) is 158 cm³/mol. The number of fused-ring (bicyclic) bond motifs is 1. The fourth-order valence-electron chi connectivity index (χ4n) is 4.02. The summed E-state index contributed by atoms with van der Waals surface area (Å²) in [6.07, 6.45) is 2.03. The van der Waals surface area contributed by atoms with E-state index in [2.05, 4.69) is 10.3 Å². The number of carbonyl (C=O) groups excluding carboxylic acids is 2. The number of aliphatic hydroxyl groups is 2. The molecule has 2 amide bonds. The monoisotopic (exact) mass is 572 g/mol. The van der Waals surface area contributed by atoms with Crippen molar-refractivity contribution in [3.05, 3.63) is 80.5 Å². The van der Waals surface area contributed by atoms with E-state index >= 15 is 0 Å². The van der Waals surface area contributed by atoms with E-state index in [0.29, 0.717) is 35.3 Å². The van der Waals surface area contributed by atoms with Gasteiger partial charge in [-0.2, -0.15) is 13.5 Å². The molecule has 2 aromatic carbocycles. The first kappa shape index (κ1) is 29.8. The van der Waals surface area contributed by atoms with Crippen molar-refractivity contribution in [3.8, 4) is 0 Å². The molecule has 0 saturated heterocycles. The van der Waals surface area contributed by atoms with Gasteiger partial charge in [-0.05, 0) is 59.3 Å². The minimum absolute atomic E-state index is 0. The second kappa shape index (κ2) is 13.8. The zero-order valence-electron chi connectivity index (χ0n) is 21.0. The fourth-order valence-corrected chi connectivity index (χ4v) is 5.84. The molecule has 0 saturated carbocycles. The summed E-state index contributed by atoms with van der Waals surface area (Å²) < 4.78 is 0.914. The van der Waals surface area contributed by atoms with Crippen molar-refractivity contribution in [2.75, 3.05) is 18.9 Å². The van der Waals surface area contributed by atoms with Crippen LogP contribution in [0.5, 0.6) is 0 Å². The molecule has 0 unspecified atom stereocenters. The maximum atomic E-state index is 12.8. The molecule has 0 spiro atoms. The van der Waals surface area contributed by atoms with Crippen LogP contribution in [-0.4, -0.2) is 51.5 Å². The first-order valence-electron chi connectivity index (χ1n) is 11.9. The third-order valence-electron chi connectivity index (χ3n) is 6.08. The van der Waals surface area contributed by atoms with Gasteiger partial charge in [-0.25, -0.2) is 4.98 Å². The number of nitrogens with one attached hydrogen (secondary N) is 1. The zero-order valence-corrected chi connectivity index (χ0v) is 23.6. The van der Waals surface area contributed by atoms with Gasteiger partial charge in [0.2, 0.25) is 5.91 Å². The number of hydrogen-bond acceptors (Lipinski definition) is 8. The number of thiophene rings is 1. The normalized spacial score (nSPS) is 11.7. The molecule has 0 radical (unpaired) electrons. The van der Waals surface area contributed by atoms with Gasteiger partial charge >= 0.3 is 0 Å². The van der Waals surface area contributed by atoms with Crippen molar-refractivity contribution in [3.63, 3.8) is 0 Å². The van der Waals surface area contributed by atoms with Crippen LogP contribution in [0.2, 0.25) is 0 Å². The molecule has 0 aliphatic rings. The van der Waals surface area contributed by atoms with E-state index < -0.39 is 6.04 Å². The van der Waals surface area contributed by atoms with Crippen LogP contribution < -0.4 is 11.1 Å². The number of carbonyl (C=O) groups is 2. The van der Waals surface area contributed by atoms with Crippen LogP contribution in [0, 0.1) is 0 Å². The summed E-state index contributed by atoms with van der Waals surface area (Å²) in [7, 11) is 1.78. The fraction of sp³-hybridized carbons (Fsp3) is 0.296. The summed E-state index contributed by atoms with van der Waals surface area (Å²) in [5, 5.41) is 24.6. The standard InChI is InChI=1S/C27H30N4O4S2.H2S/c1-31(27(35)22(28)14-21-4-3-11-36-21)10-2-5-25-30-23-9-7-17(13-24(23)37-25)26(34)29-20-8-6-18(15-32)19(12-20)16-33;/h3-4,6-9,11-13,22,32-33H,2,5,10,14-16,28H2,1H3,(H,29,34);1H2/t22-;/m0./s1. The maximum Gasteiger partial charge on any atom is 0.255 e. The van der Waals surface area contributed by atoms with E-state index in [-0.39, 0.29) is 38.5 Å². The number of aromatic nitrogens is 1. The van der Waals surface area contributed by atoms with Gasteiger partial charge in [0, 0.05) is 42.6 Å². The highest BCUT2D eigenvalue weighted by Crippen LogP contribution is 2.25. The van der Waals surface area contributed by atoms with E-state index in [0.717, 1.165) is 32.9 Å². The van der Waals surface area contributed by atoms with Crippen LogP contribution >= 0.6 is 36.2 Å². The lowest BCUT2D eigenvalue weighted by atomic mass is 10.1. The first-order valence-corrected chi connectivity index (χ1v) is 13.6. The Balaban J connectivity index is 0.00000400. The van der Waals surface area contributed by atoms with E-state index in [1.54, 1.807) is 47.5 Å². The molecule has 1 atom stereocenters. The minimum Gasteiger partial charge on any atom is -0.392 e. The molecular formula is C27H32N4O4S3. The SMILES string of the molecule is CN(CCCc1nc2ccc(C(=O)Nc3ccc(CO)c(CO)c3)cc2s1)C(=O)[C@@H](N)Cc1cccs1.S. The maximum absolute atomic E-state index is 12.8. The lowest BCUT2D eigenvalue weighted by Gasteiger charge is -2.20. The summed E-state index contributed by atoms with van der Waals surface area (Å²) in [6.45, 7) is 0.191. The molecule has 4 aromatic rings. The lowest BCUT2D eigenvalue weighted by Crippen LogP contribution is -2.43. The Kier molecular flexibility index (Phi) is 10.8. The Morgan fingerprint density at radius 2 is 1.89 bits per heavy atom. The molecule has 202 valence electrons. The molecular weight excluding hydrogens is 541 g/mol. The number of nitrogens with two attached hydrogens (primary N) is 1. The minimum atomic E-state index is -0.543. The van der Waals surface area contributed by atoms with Crippen LogP contribution in [-0.2, 0) is 30.8 Å². The molecule has 4 rings (SSSR count). The number of nitrogens with zero attached hydrogens (tertiary/aromatic N) is 2. The smallest absolute Gasteiger partial charge is 0.255 e. The summed E-state index contributed by atoms with van der Waals surface area (Å²) in [5.74, 6) is -0.332. The number of thiazole rings is 1. The Hall–Kier alpha value is -2.80. The molecule has 0 fully saturated rings. The molecule has 38 heavy (non-hydrogen) atoms. The molecule has 2 heterocycles. The number of aryl methyl sites for hydroxylation is 1. The van der Waals surface area contributed by atoms with Gasteiger partial charge in [0.15, 0.2) is 0 Å². The van der Waals surface area contributed by atoms with E-state index in [1.807, 2.05) is 29.6 Å². The van der Waals surface area contributed by atoms with Gasteiger partial charge in [0.1, 0.15) is 0 Å². The van der Waals surface area contributed by atoms with Gasteiger partial charge < -0.3 is 26.2 Å². The van der Waals surface area contributed by atoms with Crippen molar-refractivity contribution in [2.24, 2.45) is 5.73 Å². The number of amides is 2. The van der Waals surface area contributed by atoms with Gasteiger partial charge in [-0.3, -0.25) is 9.59 Å². The van der Waals surface area contributed by atoms with Crippen LogP contribution in [0.15, 0.2) is 53.9 Å². The van der Waals surface area contributed by atoms with Crippen molar-refractivity contribution >= 4 is 63.9 Å². The third kappa shape index (κ3) is 7.40. The molecule has 11 heteroatoms. The summed E-state index contributed by atoms with van der Waals surface area (Å²) >= 11 is 3.14. The second-order valence-electron chi connectivity index (χ2n) is 8.80. The summed E-state index contributed by atoms with van der Waals surface area (Å²) in [6, 6.07) is 13.8. The van der Waals surface area contributed by atoms with Crippen molar-refractivity contribution in [1.82, 2.24) is 9.88 Å². The number of anilines is 1. The quantitative estimate of drug-likeness (QED) is 0.217. The van der Waals surface area contributed by atoms with Crippen molar-refractivity contribution < 1.29 is 19.8 Å². The Bertz CT molecular complexity index is 1370.